The molecule has 0 saturated carbocycles. The molecule has 33 heavy (non-hydrogen) atoms. The Balaban J connectivity index is 1.36. The summed E-state index contributed by atoms with van der Waals surface area (Å²) in [4.78, 5) is 33.0. The van der Waals surface area contributed by atoms with Crippen LogP contribution in [0.25, 0.3) is 11.1 Å². The van der Waals surface area contributed by atoms with Crippen molar-refractivity contribution in [3.63, 3.8) is 0 Å². The van der Waals surface area contributed by atoms with Gasteiger partial charge in [-0.25, -0.2) is 9.37 Å². The first-order valence-electron chi connectivity index (χ1n) is 10.2. The molecule has 9 heteroatoms. The highest BCUT2D eigenvalue weighted by Crippen LogP contribution is 2.35. The fourth-order valence-electron chi connectivity index (χ4n) is 4.03. The molecule has 0 atom stereocenters. The van der Waals surface area contributed by atoms with Crippen LogP contribution in [0.3, 0.4) is 0 Å². The number of carbonyl (C=O) groups is 2. The molecule has 0 N–H and O–H groups in total. The third-order valence-electron chi connectivity index (χ3n) is 5.72. The lowest BCUT2D eigenvalue weighted by Crippen LogP contribution is -2.45. The maximum atomic E-state index is 13.8. The molecule has 1 aromatic heterocycles. The number of hydrogen-bond acceptors (Lipinski definition) is 5. The molecule has 2 aromatic carbocycles. The number of benzene rings is 2. The van der Waals surface area contributed by atoms with Gasteiger partial charge >= 0.3 is 0 Å². The quantitative estimate of drug-likeness (QED) is 0.583. The summed E-state index contributed by atoms with van der Waals surface area (Å²) in [7, 11) is 1.60. The van der Waals surface area contributed by atoms with E-state index in [9.17, 15) is 14.0 Å². The number of amides is 2. The van der Waals surface area contributed by atoms with E-state index < -0.39 is 5.82 Å². The minimum atomic E-state index is -0.470. The molecule has 0 aliphatic carbocycles. The number of carbonyl (C=O) groups excluding carboxylic acids is 2. The minimum Gasteiger partial charge on any atom is -0.497 e. The number of anilines is 1. The molecule has 2 amide bonds. The van der Waals surface area contributed by atoms with Crippen molar-refractivity contribution in [1.82, 2.24) is 9.88 Å². The van der Waals surface area contributed by atoms with E-state index in [1.165, 1.54) is 23.2 Å². The Bertz CT molecular complexity index is 1260. The van der Waals surface area contributed by atoms with Crippen LogP contribution in [0.2, 0.25) is 5.02 Å². The number of pyridine rings is 1. The highest BCUT2D eigenvalue weighted by molar-refractivity contribution is 6.30. The molecule has 2 aliphatic heterocycles. The van der Waals surface area contributed by atoms with Gasteiger partial charge in [-0.05, 0) is 53.1 Å². The first kappa shape index (κ1) is 21.2. The van der Waals surface area contributed by atoms with E-state index in [0.717, 1.165) is 16.9 Å². The number of nitrogens with zero attached hydrogens (tertiary/aromatic N) is 3. The van der Waals surface area contributed by atoms with Crippen LogP contribution in [0.1, 0.15) is 11.1 Å². The van der Waals surface area contributed by atoms with Gasteiger partial charge in [0.2, 0.25) is 5.91 Å². The number of aromatic nitrogens is 1. The van der Waals surface area contributed by atoms with Crippen molar-refractivity contribution < 1.29 is 23.5 Å². The maximum absolute atomic E-state index is 13.8. The van der Waals surface area contributed by atoms with Crippen molar-refractivity contribution in [1.29, 1.82) is 0 Å². The second-order valence-corrected chi connectivity index (χ2v) is 8.29. The summed E-state index contributed by atoms with van der Waals surface area (Å²) in [6.45, 7) is 0.547. The fourth-order valence-corrected chi connectivity index (χ4v) is 4.25. The lowest BCUT2D eigenvalue weighted by atomic mass is 10.1. The molecule has 3 heterocycles. The lowest BCUT2D eigenvalue weighted by Gasteiger charge is -2.29. The number of halogens is 2. The zero-order valence-electron chi connectivity index (χ0n) is 17.7. The first-order valence-corrected chi connectivity index (χ1v) is 10.6. The average Bonchev–Trinajstić information content (AvgIpc) is 3.23. The summed E-state index contributed by atoms with van der Waals surface area (Å²) in [5.41, 5.74) is 3.19. The molecule has 0 unspecified atom stereocenters. The molecule has 3 aromatic rings. The predicted molar refractivity (Wildman–Crippen MR) is 120 cm³/mol. The third kappa shape index (κ3) is 4.09. The summed E-state index contributed by atoms with van der Waals surface area (Å²) in [5.74, 6) is 0.305. The van der Waals surface area contributed by atoms with E-state index in [0.29, 0.717) is 30.0 Å². The van der Waals surface area contributed by atoms with Crippen molar-refractivity contribution in [3.8, 4) is 22.6 Å². The molecule has 2 aliphatic rings. The van der Waals surface area contributed by atoms with Gasteiger partial charge in [0, 0.05) is 29.9 Å². The summed E-state index contributed by atoms with van der Waals surface area (Å²) in [5, 5.41) is 0.260. The zero-order chi connectivity index (χ0) is 23.1. The zero-order valence-corrected chi connectivity index (χ0v) is 18.4. The smallest absolute Gasteiger partial charge is 0.266 e. The number of rotatable bonds is 4. The van der Waals surface area contributed by atoms with Crippen LogP contribution in [-0.2, 0) is 22.7 Å². The molecular formula is C24H19ClFN3O4. The molecule has 0 radical (unpaired) electrons. The molecule has 7 nitrogen and oxygen atoms in total. The Morgan fingerprint density at radius 1 is 1.15 bits per heavy atom. The van der Waals surface area contributed by atoms with Gasteiger partial charge in [-0.15, -0.1) is 0 Å². The van der Waals surface area contributed by atoms with Gasteiger partial charge in [0.05, 0.1) is 7.11 Å². The number of ether oxygens (including phenoxy) is 2. The van der Waals surface area contributed by atoms with Gasteiger partial charge in [-0.1, -0.05) is 17.7 Å². The van der Waals surface area contributed by atoms with Crippen LogP contribution < -0.4 is 14.4 Å². The van der Waals surface area contributed by atoms with E-state index in [4.69, 9.17) is 21.1 Å². The van der Waals surface area contributed by atoms with Gasteiger partial charge in [0.15, 0.2) is 18.2 Å². The fraction of sp³-hybridized carbons (Fsp3) is 0.208. The second kappa shape index (κ2) is 8.37. The number of fused-ring (bicyclic) bond motifs is 2. The summed E-state index contributed by atoms with van der Waals surface area (Å²) < 4.78 is 24.6. The lowest BCUT2D eigenvalue weighted by molar-refractivity contribution is -0.132. The van der Waals surface area contributed by atoms with Gasteiger partial charge < -0.3 is 14.4 Å². The highest BCUT2D eigenvalue weighted by atomic mass is 35.5. The largest absolute Gasteiger partial charge is 0.497 e. The van der Waals surface area contributed by atoms with Crippen LogP contribution in [-0.4, -0.2) is 42.0 Å². The van der Waals surface area contributed by atoms with E-state index in [1.807, 2.05) is 18.2 Å². The third-order valence-corrected chi connectivity index (χ3v) is 5.94. The standard InChI is InChI=1S/C24H19ClFN3O4/c1-32-20-3-2-14-10-28(11-17(14)6-20)22(30)12-29-23(31)13-33-21-7-16(9-27-24(21)29)15-4-18(25)8-19(26)5-15/h2-9H,10-13H2,1H3. The van der Waals surface area contributed by atoms with E-state index in [-0.39, 0.29) is 35.8 Å². The predicted octanol–water partition coefficient (Wildman–Crippen LogP) is 3.82. The molecule has 0 spiro atoms. The van der Waals surface area contributed by atoms with Crippen LogP contribution in [0.4, 0.5) is 10.2 Å². The Labute approximate surface area is 194 Å². The summed E-state index contributed by atoms with van der Waals surface area (Å²) in [6, 6.07) is 11.6. The van der Waals surface area contributed by atoms with Crippen molar-refractivity contribution in [2.24, 2.45) is 0 Å². The van der Waals surface area contributed by atoms with Crippen LogP contribution in [0.15, 0.2) is 48.7 Å². The van der Waals surface area contributed by atoms with E-state index in [1.54, 1.807) is 24.1 Å². The monoisotopic (exact) mass is 467 g/mol. The van der Waals surface area contributed by atoms with Gasteiger partial charge in [0.25, 0.3) is 5.91 Å². The number of hydrogen-bond donors (Lipinski definition) is 0. The van der Waals surface area contributed by atoms with Gasteiger partial charge in [-0.2, -0.15) is 0 Å². The Morgan fingerprint density at radius 3 is 2.76 bits per heavy atom. The molecule has 0 fully saturated rings. The Morgan fingerprint density at radius 2 is 1.97 bits per heavy atom. The van der Waals surface area contributed by atoms with Crippen molar-refractivity contribution in [2.45, 2.75) is 13.1 Å². The second-order valence-electron chi connectivity index (χ2n) is 7.86. The number of methoxy groups -OCH3 is 1. The van der Waals surface area contributed by atoms with Crippen LogP contribution in [0.5, 0.6) is 11.5 Å². The molecule has 5 rings (SSSR count). The van der Waals surface area contributed by atoms with Crippen LogP contribution in [0, 0.1) is 5.82 Å². The van der Waals surface area contributed by atoms with E-state index >= 15 is 0 Å². The molecule has 168 valence electrons. The molecular weight excluding hydrogens is 449 g/mol. The SMILES string of the molecule is COc1ccc2c(c1)CN(C(=O)CN1C(=O)COc3cc(-c4cc(F)cc(Cl)c4)cnc31)C2. The topological polar surface area (TPSA) is 72.0 Å². The Kier molecular flexibility index (Phi) is 5.38. The molecule has 0 saturated heterocycles. The Hall–Kier alpha value is -3.65. The minimum absolute atomic E-state index is 0.154. The normalized spacial score (nSPS) is 14.6. The maximum Gasteiger partial charge on any atom is 0.266 e. The van der Waals surface area contributed by atoms with Crippen molar-refractivity contribution in [2.75, 3.05) is 25.2 Å². The van der Waals surface area contributed by atoms with E-state index in [2.05, 4.69) is 4.98 Å². The van der Waals surface area contributed by atoms with Crippen molar-refractivity contribution >= 4 is 29.2 Å². The van der Waals surface area contributed by atoms with Gasteiger partial charge in [0.1, 0.15) is 18.1 Å². The van der Waals surface area contributed by atoms with Crippen LogP contribution >= 0.6 is 11.6 Å². The highest BCUT2D eigenvalue weighted by Gasteiger charge is 2.32. The summed E-state index contributed by atoms with van der Waals surface area (Å²) in [6.07, 6.45) is 1.50. The first-order chi connectivity index (χ1) is 15.9. The summed E-state index contributed by atoms with van der Waals surface area (Å²) >= 11 is 5.96. The van der Waals surface area contributed by atoms with Gasteiger partial charge in [-0.3, -0.25) is 14.5 Å². The molecule has 0 bridgehead atoms. The average molecular weight is 468 g/mol. The van der Waals surface area contributed by atoms with Crippen molar-refractivity contribution in [3.05, 3.63) is 70.6 Å².